The van der Waals surface area contributed by atoms with Gasteiger partial charge in [-0.25, -0.2) is 0 Å². The number of rotatable bonds is 8. The van der Waals surface area contributed by atoms with E-state index < -0.39 is 4.92 Å². The molecule has 2 N–H and O–H groups in total. The number of amides is 1. The maximum atomic E-state index is 12.3. The molecule has 144 valence electrons. The first-order chi connectivity index (χ1) is 12.8. The number of benzene rings is 2. The number of likely N-dealkylation sites (N-methyl/N-ethyl adjacent to an activating group) is 1. The summed E-state index contributed by atoms with van der Waals surface area (Å²) in [6.45, 7) is 2.82. The molecular formula is C19H24N3O5+. The Morgan fingerprint density at radius 3 is 2.48 bits per heavy atom. The maximum absolute atomic E-state index is 12.3. The van der Waals surface area contributed by atoms with Crippen LogP contribution in [0.5, 0.6) is 11.5 Å². The van der Waals surface area contributed by atoms with Crippen LogP contribution in [-0.2, 0) is 11.3 Å². The van der Waals surface area contributed by atoms with Crippen LogP contribution in [-0.4, -0.2) is 38.6 Å². The lowest BCUT2D eigenvalue weighted by molar-refractivity contribution is -0.885. The minimum absolute atomic E-state index is 0.0607. The highest BCUT2D eigenvalue weighted by Crippen LogP contribution is 2.29. The van der Waals surface area contributed by atoms with E-state index in [-0.39, 0.29) is 18.1 Å². The number of hydrogen-bond acceptors (Lipinski definition) is 5. The molecule has 0 heterocycles. The van der Waals surface area contributed by atoms with Crippen molar-refractivity contribution in [3.05, 3.63) is 57.6 Å². The highest BCUT2D eigenvalue weighted by atomic mass is 16.6. The third-order valence-corrected chi connectivity index (χ3v) is 4.14. The molecule has 2 aromatic carbocycles. The van der Waals surface area contributed by atoms with Crippen molar-refractivity contribution in [2.24, 2.45) is 0 Å². The van der Waals surface area contributed by atoms with Crippen LogP contribution in [0.15, 0.2) is 36.4 Å². The zero-order valence-electron chi connectivity index (χ0n) is 15.9. The second-order valence-corrected chi connectivity index (χ2v) is 6.30. The van der Waals surface area contributed by atoms with Crippen LogP contribution in [0.4, 0.5) is 11.4 Å². The summed E-state index contributed by atoms with van der Waals surface area (Å²) in [5, 5.41) is 13.5. The fourth-order valence-electron chi connectivity index (χ4n) is 2.78. The van der Waals surface area contributed by atoms with Gasteiger partial charge < -0.3 is 19.7 Å². The van der Waals surface area contributed by atoms with Crippen LogP contribution < -0.4 is 19.7 Å². The number of anilines is 1. The first-order valence-corrected chi connectivity index (χ1v) is 8.41. The van der Waals surface area contributed by atoms with Crippen molar-refractivity contribution in [2.45, 2.75) is 13.5 Å². The molecule has 8 heteroatoms. The number of carbonyl (C=O) groups excluding carboxylic acids is 1. The van der Waals surface area contributed by atoms with E-state index in [1.165, 1.54) is 18.2 Å². The third-order valence-electron chi connectivity index (χ3n) is 4.14. The summed E-state index contributed by atoms with van der Waals surface area (Å²) in [4.78, 5) is 23.5. The zero-order chi connectivity index (χ0) is 20.0. The second kappa shape index (κ2) is 9.00. The Kier molecular flexibility index (Phi) is 6.73. The molecule has 0 radical (unpaired) electrons. The number of nitrogens with zero attached hydrogens (tertiary/aromatic N) is 1. The van der Waals surface area contributed by atoms with Gasteiger partial charge in [0, 0.05) is 23.4 Å². The van der Waals surface area contributed by atoms with Gasteiger partial charge in [0.25, 0.3) is 11.6 Å². The van der Waals surface area contributed by atoms with Crippen molar-refractivity contribution in [2.75, 3.05) is 33.1 Å². The van der Waals surface area contributed by atoms with Gasteiger partial charge in [0.1, 0.15) is 6.54 Å². The van der Waals surface area contributed by atoms with Gasteiger partial charge in [0.15, 0.2) is 18.0 Å². The molecule has 0 aromatic heterocycles. The lowest BCUT2D eigenvalue weighted by Gasteiger charge is -2.17. The monoisotopic (exact) mass is 374 g/mol. The van der Waals surface area contributed by atoms with E-state index in [2.05, 4.69) is 5.32 Å². The Labute approximate surface area is 157 Å². The summed E-state index contributed by atoms with van der Waals surface area (Å²) >= 11 is 0. The number of nitro groups is 1. The molecule has 0 saturated heterocycles. The van der Waals surface area contributed by atoms with Gasteiger partial charge in [-0.1, -0.05) is 6.07 Å². The van der Waals surface area contributed by atoms with Gasteiger partial charge in [0.05, 0.1) is 26.2 Å². The molecule has 2 aromatic rings. The number of nitrogens with one attached hydrogen (secondary N) is 2. The molecule has 0 aliphatic heterocycles. The zero-order valence-corrected chi connectivity index (χ0v) is 15.9. The maximum Gasteiger partial charge on any atom is 0.279 e. The number of nitro benzene ring substituents is 1. The third kappa shape index (κ3) is 5.42. The Bertz CT molecular complexity index is 838. The van der Waals surface area contributed by atoms with E-state index >= 15 is 0 Å². The van der Waals surface area contributed by atoms with Crippen molar-refractivity contribution in [3.63, 3.8) is 0 Å². The van der Waals surface area contributed by atoms with Crippen LogP contribution in [0, 0.1) is 17.0 Å². The van der Waals surface area contributed by atoms with Crippen LogP contribution in [0.2, 0.25) is 0 Å². The Morgan fingerprint density at radius 1 is 1.19 bits per heavy atom. The molecule has 0 spiro atoms. The highest BCUT2D eigenvalue weighted by molar-refractivity contribution is 5.91. The average Bonchev–Trinajstić information content (AvgIpc) is 2.62. The standard InChI is InChI=1S/C19H23N3O5/c1-13-8-17(26-3)18(27-4)9-14(13)11-21(2)12-19(23)20-15-6-5-7-16(10-15)22(24)25/h5-10H,11-12H2,1-4H3,(H,20,23)/p+1. The molecule has 0 bridgehead atoms. The molecule has 27 heavy (non-hydrogen) atoms. The molecule has 8 nitrogen and oxygen atoms in total. The average molecular weight is 374 g/mol. The fraction of sp³-hybridized carbons (Fsp3) is 0.316. The van der Waals surface area contributed by atoms with Crippen LogP contribution in [0.1, 0.15) is 11.1 Å². The van der Waals surface area contributed by atoms with Crippen molar-refractivity contribution in [1.29, 1.82) is 0 Å². The summed E-state index contributed by atoms with van der Waals surface area (Å²) in [5.74, 6) is 1.10. The van der Waals surface area contributed by atoms with E-state index in [0.29, 0.717) is 23.7 Å². The SMILES string of the molecule is COc1cc(C)c(C[NH+](C)CC(=O)Nc2cccc([N+](=O)[O-])c2)cc1OC. The van der Waals surface area contributed by atoms with Crippen molar-refractivity contribution in [3.8, 4) is 11.5 Å². The number of quaternary nitrogens is 1. The summed E-state index contributed by atoms with van der Waals surface area (Å²) in [5.41, 5.74) is 2.44. The minimum atomic E-state index is -0.493. The smallest absolute Gasteiger partial charge is 0.279 e. The Balaban J connectivity index is 2.01. The highest BCUT2D eigenvalue weighted by Gasteiger charge is 2.16. The quantitative estimate of drug-likeness (QED) is 0.540. The van der Waals surface area contributed by atoms with Crippen LogP contribution in [0.3, 0.4) is 0 Å². The summed E-state index contributed by atoms with van der Waals surface area (Å²) in [6, 6.07) is 9.70. The van der Waals surface area contributed by atoms with E-state index in [0.717, 1.165) is 16.0 Å². The summed E-state index contributed by atoms with van der Waals surface area (Å²) in [6.07, 6.45) is 0. The van der Waals surface area contributed by atoms with Crippen molar-refractivity contribution < 1.29 is 24.1 Å². The van der Waals surface area contributed by atoms with Gasteiger partial charge in [-0.05, 0) is 30.7 Å². The minimum Gasteiger partial charge on any atom is -0.493 e. The number of carbonyl (C=O) groups is 1. The van der Waals surface area contributed by atoms with Gasteiger partial charge in [-0.3, -0.25) is 14.9 Å². The lowest BCUT2D eigenvalue weighted by atomic mass is 10.1. The lowest BCUT2D eigenvalue weighted by Crippen LogP contribution is -3.08. The predicted octanol–water partition coefficient (Wildman–Crippen LogP) is 1.57. The summed E-state index contributed by atoms with van der Waals surface area (Å²) in [7, 11) is 5.08. The molecule has 1 amide bonds. The second-order valence-electron chi connectivity index (χ2n) is 6.30. The van der Waals surface area contributed by atoms with Crippen molar-refractivity contribution >= 4 is 17.3 Å². The fourth-order valence-corrected chi connectivity index (χ4v) is 2.78. The summed E-state index contributed by atoms with van der Waals surface area (Å²) < 4.78 is 10.6. The molecular weight excluding hydrogens is 350 g/mol. The van der Waals surface area contributed by atoms with E-state index in [1.54, 1.807) is 20.3 Å². The van der Waals surface area contributed by atoms with Gasteiger partial charge in [-0.15, -0.1) is 0 Å². The Hall–Kier alpha value is -3.13. The largest absolute Gasteiger partial charge is 0.493 e. The number of aryl methyl sites for hydroxylation is 1. The number of non-ortho nitro benzene ring substituents is 1. The molecule has 0 aliphatic rings. The number of methoxy groups -OCH3 is 2. The molecule has 1 unspecified atom stereocenters. The van der Waals surface area contributed by atoms with Crippen LogP contribution in [0.25, 0.3) is 0 Å². The van der Waals surface area contributed by atoms with E-state index in [4.69, 9.17) is 9.47 Å². The number of hydrogen-bond donors (Lipinski definition) is 2. The Morgan fingerprint density at radius 2 is 1.85 bits per heavy atom. The molecule has 0 aliphatic carbocycles. The molecule has 1 atom stereocenters. The predicted molar refractivity (Wildman–Crippen MR) is 101 cm³/mol. The van der Waals surface area contributed by atoms with E-state index in [1.807, 2.05) is 26.1 Å². The van der Waals surface area contributed by atoms with Crippen molar-refractivity contribution in [1.82, 2.24) is 0 Å². The molecule has 0 fully saturated rings. The van der Waals surface area contributed by atoms with E-state index in [9.17, 15) is 14.9 Å². The van der Waals surface area contributed by atoms with Gasteiger partial charge >= 0.3 is 0 Å². The molecule has 2 rings (SSSR count). The first kappa shape index (κ1) is 20.2. The van der Waals surface area contributed by atoms with Gasteiger partial charge in [0.2, 0.25) is 0 Å². The molecule has 0 saturated carbocycles. The number of ether oxygens (including phenoxy) is 2. The normalized spacial score (nSPS) is 11.6. The topological polar surface area (TPSA) is 95.1 Å². The first-order valence-electron chi connectivity index (χ1n) is 8.41. The van der Waals surface area contributed by atoms with Gasteiger partial charge in [-0.2, -0.15) is 0 Å². The van der Waals surface area contributed by atoms with Crippen LogP contribution >= 0.6 is 0 Å².